The molecule has 42 heavy (non-hydrogen) atoms. The van der Waals surface area contributed by atoms with Crippen molar-refractivity contribution < 1.29 is 29.3 Å². The maximum absolute atomic E-state index is 12.7. The molecule has 11 nitrogen and oxygen atoms in total. The van der Waals surface area contributed by atoms with Crippen LogP contribution in [-0.2, 0) is 33.7 Å². The van der Waals surface area contributed by atoms with Gasteiger partial charge in [-0.05, 0) is 44.0 Å². The van der Waals surface area contributed by atoms with Gasteiger partial charge in [0.1, 0.15) is 24.2 Å². The van der Waals surface area contributed by atoms with Crippen molar-refractivity contribution in [3.63, 3.8) is 0 Å². The molecule has 0 spiro atoms. The Balaban J connectivity index is 0.000000528. The van der Waals surface area contributed by atoms with E-state index in [1.165, 1.54) is 0 Å². The van der Waals surface area contributed by atoms with Gasteiger partial charge in [-0.3, -0.25) is 14.2 Å². The van der Waals surface area contributed by atoms with E-state index in [1.807, 2.05) is 49.4 Å². The van der Waals surface area contributed by atoms with Crippen molar-refractivity contribution in [1.82, 2.24) is 9.55 Å². The summed E-state index contributed by atoms with van der Waals surface area (Å²) in [6.07, 6.45) is 2.22. The lowest BCUT2D eigenvalue weighted by molar-refractivity contribution is -0.150. The first-order valence-electron chi connectivity index (χ1n) is 14.1. The van der Waals surface area contributed by atoms with Crippen LogP contribution in [0.2, 0.25) is 0 Å². The smallest absolute Gasteiger partial charge is 0.333 e. The Morgan fingerprint density at radius 2 is 1.69 bits per heavy atom. The number of benzene rings is 2. The molecule has 1 aromatic heterocycles. The van der Waals surface area contributed by atoms with Crippen molar-refractivity contribution >= 4 is 11.9 Å². The number of hydrogen-bond donors (Lipinski definition) is 4. The third kappa shape index (κ3) is 11.4. The minimum absolute atomic E-state index is 0.106. The molecule has 11 heteroatoms. The van der Waals surface area contributed by atoms with Crippen LogP contribution >= 0.6 is 0 Å². The largest absolute Gasteiger partial charge is 0.492 e. The first-order chi connectivity index (χ1) is 20.2. The van der Waals surface area contributed by atoms with Gasteiger partial charge in [0.25, 0.3) is 5.56 Å². The molecule has 0 amide bonds. The van der Waals surface area contributed by atoms with Gasteiger partial charge in [0.15, 0.2) is 6.10 Å². The zero-order valence-corrected chi connectivity index (χ0v) is 24.3. The average Bonchev–Trinajstić information content (AvgIpc) is 2.99. The third-order valence-electron chi connectivity index (χ3n) is 6.33. The molecule has 0 saturated carbocycles. The van der Waals surface area contributed by atoms with E-state index in [1.54, 1.807) is 29.7 Å². The molecule has 1 unspecified atom stereocenters. The van der Waals surface area contributed by atoms with E-state index in [2.05, 4.69) is 4.98 Å². The summed E-state index contributed by atoms with van der Waals surface area (Å²) in [5, 5.41) is 17.5. The summed E-state index contributed by atoms with van der Waals surface area (Å²) in [5.41, 5.74) is 12.8. The molecular weight excluding hydrogens is 540 g/mol. The van der Waals surface area contributed by atoms with Crippen LogP contribution in [0.4, 0.5) is 0 Å². The summed E-state index contributed by atoms with van der Waals surface area (Å²) in [6.45, 7) is 5.39. The Labute approximate surface area is 246 Å². The van der Waals surface area contributed by atoms with Crippen molar-refractivity contribution in [2.45, 2.75) is 64.6 Å². The Morgan fingerprint density at radius 3 is 2.26 bits per heavy atom. The second kappa shape index (κ2) is 18.4. The zero-order valence-electron chi connectivity index (χ0n) is 24.3. The van der Waals surface area contributed by atoms with E-state index in [9.17, 15) is 19.5 Å². The van der Waals surface area contributed by atoms with Crippen LogP contribution in [0.5, 0.6) is 5.75 Å². The van der Waals surface area contributed by atoms with Crippen molar-refractivity contribution in [2.75, 3.05) is 19.8 Å². The molecule has 6 N–H and O–H groups in total. The predicted molar refractivity (Wildman–Crippen MR) is 161 cm³/mol. The van der Waals surface area contributed by atoms with Crippen molar-refractivity contribution in [3.8, 4) is 17.0 Å². The van der Waals surface area contributed by atoms with E-state index in [-0.39, 0.29) is 12.0 Å². The Bertz CT molecular complexity index is 1300. The molecule has 0 aliphatic rings. The minimum atomic E-state index is -0.976. The number of unbranched alkanes of at least 4 members (excludes halogenated alkanes) is 1. The van der Waals surface area contributed by atoms with Crippen LogP contribution in [0.25, 0.3) is 11.3 Å². The predicted octanol–water partition coefficient (Wildman–Crippen LogP) is 3.11. The normalized spacial score (nSPS) is 12.1. The summed E-state index contributed by atoms with van der Waals surface area (Å²) in [5.74, 6) is -0.545. The molecule has 2 aromatic carbocycles. The molecule has 3 rings (SSSR count). The van der Waals surface area contributed by atoms with Gasteiger partial charge in [-0.15, -0.1) is 0 Å². The van der Waals surface area contributed by atoms with Crippen LogP contribution in [-0.4, -0.2) is 63.6 Å². The number of carbonyl (C=O) groups is 2. The van der Waals surface area contributed by atoms with E-state index >= 15 is 0 Å². The fourth-order valence-electron chi connectivity index (χ4n) is 4.06. The number of ether oxygens (including phenoxy) is 2. The van der Waals surface area contributed by atoms with Crippen LogP contribution in [0.3, 0.4) is 0 Å². The summed E-state index contributed by atoms with van der Waals surface area (Å²) < 4.78 is 12.7. The Hall–Kier alpha value is -4.06. The molecule has 0 bridgehead atoms. The van der Waals surface area contributed by atoms with Crippen LogP contribution in [0.15, 0.2) is 65.5 Å². The van der Waals surface area contributed by atoms with Gasteiger partial charge in [-0.2, -0.15) is 0 Å². The maximum Gasteiger partial charge on any atom is 0.333 e. The lowest BCUT2D eigenvalue weighted by Crippen LogP contribution is -2.29. The van der Waals surface area contributed by atoms with Crippen molar-refractivity contribution in [3.05, 3.63) is 82.4 Å². The highest BCUT2D eigenvalue weighted by molar-refractivity contribution is 5.73. The third-order valence-corrected chi connectivity index (χ3v) is 6.33. The lowest BCUT2D eigenvalue weighted by Gasteiger charge is -2.14. The fourth-order valence-corrected chi connectivity index (χ4v) is 4.06. The molecule has 0 saturated heterocycles. The van der Waals surface area contributed by atoms with Gasteiger partial charge in [-0.25, -0.2) is 9.78 Å². The quantitative estimate of drug-likeness (QED) is 0.183. The number of aryl methyl sites for hydroxylation is 1. The SMILES string of the molecule is CCOC(Cc1ccc(OCCn2c(CC)nc(-c3ccccc3)cc2=O)cc1)C(=O)O.NCCCC[C@H](N)C(=O)O. The van der Waals surface area contributed by atoms with E-state index < -0.39 is 24.1 Å². The molecular formula is C31H42N4O7. The van der Waals surface area contributed by atoms with E-state index in [4.69, 9.17) is 26.0 Å². The monoisotopic (exact) mass is 582 g/mol. The number of nitrogens with zero attached hydrogens (tertiary/aromatic N) is 2. The fraction of sp³-hybridized carbons (Fsp3) is 0.419. The number of aromatic nitrogens is 2. The molecule has 0 aliphatic heterocycles. The molecule has 3 aromatic rings. The maximum atomic E-state index is 12.7. The number of carboxylic acids is 2. The van der Waals surface area contributed by atoms with Gasteiger partial charge < -0.3 is 31.2 Å². The highest BCUT2D eigenvalue weighted by atomic mass is 16.5. The van der Waals surface area contributed by atoms with Gasteiger partial charge in [0.05, 0.1) is 12.2 Å². The van der Waals surface area contributed by atoms with Crippen molar-refractivity contribution in [1.29, 1.82) is 0 Å². The highest BCUT2D eigenvalue weighted by Gasteiger charge is 2.18. The van der Waals surface area contributed by atoms with Gasteiger partial charge >= 0.3 is 11.9 Å². The highest BCUT2D eigenvalue weighted by Crippen LogP contribution is 2.17. The first kappa shape index (κ1) is 34.1. The topological polar surface area (TPSA) is 180 Å². The van der Waals surface area contributed by atoms with Gasteiger partial charge in [0.2, 0.25) is 0 Å². The summed E-state index contributed by atoms with van der Waals surface area (Å²) >= 11 is 0. The zero-order chi connectivity index (χ0) is 30.9. The summed E-state index contributed by atoms with van der Waals surface area (Å²) in [6, 6.07) is 17.7. The number of carboxylic acid groups (broad SMARTS) is 2. The number of hydrogen-bond acceptors (Lipinski definition) is 8. The summed E-state index contributed by atoms with van der Waals surface area (Å²) in [7, 11) is 0. The minimum Gasteiger partial charge on any atom is -0.492 e. The van der Waals surface area contributed by atoms with Crippen LogP contribution in [0, 0.1) is 0 Å². The lowest BCUT2D eigenvalue weighted by atomic mass is 10.1. The van der Waals surface area contributed by atoms with Gasteiger partial charge in [0, 0.05) is 31.1 Å². The van der Waals surface area contributed by atoms with E-state index in [0.29, 0.717) is 56.4 Å². The molecule has 2 atom stereocenters. The number of rotatable bonds is 16. The molecule has 1 heterocycles. The van der Waals surface area contributed by atoms with Gasteiger partial charge in [-0.1, -0.05) is 55.8 Å². The Kier molecular flexibility index (Phi) is 14.9. The molecule has 0 aliphatic carbocycles. The molecule has 228 valence electrons. The first-order valence-corrected chi connectivity index (χ1v) is 14.1. The second-order valence-corrected chi connectivity index (χ2v) is 9.48. The van der Waals surface area contributed by atoms with Crippen molar-refractivity contribution in [2.24, 2.45) is 11.5 Å². The molecule has 0 radical (unpaired) electrons. The second-order valence-electron chi connectivity index (χ2n) is 9.48. The Morgan fingerprint density at radius 1 is 1.00 bits per heavy atom. The van der Waals surface area contributed by atoms with Crippen LogP contribution < -0.4 is 21.8 Å². The molecule has 0 fully saturated rings. The number of aliphatic carboxylic acids is 2. The standard InChI is InChI=1S/C25H28N2O5.C6H14N2O2/c1-3-23-26-21(19-8-6-5-7-9-19)17-24(28)27(23)14-15-32-20-12-10-18(11-13-20)16-22(25(29)30)31-4-2;7-4-2-1-3-5(8)6(9)10/h5-13,17,22H,3-4,14-16H2,1-2H3,(H,29,30);5H,1-4,7-8H2,(H,9,10)/t;5-/m.0/s1. The average molecular weight is 583 g/mol. The van der Waals surface area contributed by atoms with Crippen LogP contribution in [0.1, 0.15) is 44.5 Å². The summed E-state index contributed by atoms with van der Waals surface area (Å²) in [4.78, 5) is 38.7. The van der Waals surface area contributed by atoms with E-state index in [0.717, 1.165) is 24.0 Å². The number of nitrogens with two attached hydrogens (primary N) is 2.